The van der Waals surface area contributed by atoms with E-state index in [0.717, 1.165) is 12.3 Å². The Morgan fingerprint density at radius 2 is 1.69 bits per heavy atom. The molecule has 0 spiro atoms. The van der Waals surface area contributed by atoms with Crippen molar-refractivity contribution in [1.82, 2.24) is 19.3 Å². The zero-order valence-corrected chi connectivity index (χ0v) is 18.7. The van der Waals surface area contributed by atoms with E-state index in [1.165, 1.54) is 4.31 Å². The first-order valence-corrected chi connectivity index (χ1v) is 11.8. The van der Waals surface area contributed by atoms with Gasteiger partial charge in [-0.05, 0) is 31.0 Å². The SMILES string of the molecule is CS(=O)(=O)N1CCC(Nc2nc(Nc3ccc(F)c(C(F)(F)F)c3)nc(OCC(F)(F)F)n2)CC1. The Kier molecular flexibility index (Phi) is 7.59. The molecular formula is C18H19F7N6O3S. The second kappa shape index (κ2) is 9.96. The Hall–Kier alpha value is -2.95. The molecule has 194 valence electrons. The third-order valence-corrected chi connectivity index (χ3v) is 6.07. The van der Waals surface area contributed by atoms with Crippen LogP contribution in [0.5, 0.6) is 6.01 Å². The predicted molar refractivity (Wildman–Crippen MR) is 109 cm³/mol. The first-order chi connectivity index (χ1) is 16.1. The summed E-state index contributed by atoms with van der Waals surface area (Å²) in [5.41, 5.74) is -1.86. The van der Waals surface area contributed by atoms with Crippen LogP contribution in [-0.4, -0.2) is 65.8 Å². The van der Waals surface area contributed by atoms with Crippen molar-refractivity contribution >= 4 is 27.6 Å². The monoisotopic (exact) mass is 532 g/mol. The lowest BCUT2D eigenvalue weighted by Gasteiger charge is -2.30. The fourth-order valence-corrected chi connectivity index (χ4v) is 4.03. The average Bonchev–Trinajstić information content (AvgIpc) is 2.72. The first-order valence-electron chi connectivity index (χ1n) is 9.91. The van der Waals surface area contributed by atoms with Gasteiger partial charge >= 0.3 is 18.4 Å². The van der Waals surface area contributed by atoms with E-state index in [-0.39, 0.29) is 30.8 Å². The topological polar surface area (TPSA) is 109 Å². The van der Waals surface area contributed by atoms with Crippen molar-refractivity contribution in [1.29, 1.82) is 0 Å². The molecule has 1 aliphatic heterocycles. The molecule has 2 N–H and O–H groups in total. The standard InChI is InChI=1S/C18H19F7N6O3S/c1-35(32,33)31-6-4-10(5-7-31)26-14-28-15(30-16(29-14)34-9-17(20,21)22)27-11-2-3-13(19)12(8-11)18(23,24)25/h2-3,8,10H,4-7,9H2,1H3,(H2,26,27,28,29,30). The molecule has 1 saturated heterocycles. The highest BCUT2D eigenvalue weighted by molar-refractivity contribution is 7.88. The van der Waals surface area contributed by atoms with Crippen LogP contribution in [0.1, 0.15) is 18.4 Å². The van der Waals surface area contributed by atoms with Crippen molar-refractivity contribution in [2.24, 2.45) is 0 Å². The molecule has 0 atom stereocenters. The Balaban J connectivity index is 1.83. The van der Waals surface area contributed by atoms with Crippen molar-refractivity contribution in [3.8, 4) is 6.01 Å². The molecule has 9 nitrogen and oxygen atoms in total. The third kappa shape index (κ3) is 7.78. The molecule has 1 fully saturated rings. The molecule has 0 amide bonds. The van der Waals surface area contributed by atoms with Crippen molar-refractivity contribution in [2.75, 3.05) is 36.6 Å². The Labute approximate surface area is 194 Å². The van der Waals surface area contributed by atoms with Gasteiger partial charge in [0.05, 0.1) is 11.8 Å². The minimum Gasteiger partial charge on any atom is -0.454 e. The predicted octanol–water partition coefficient (Wildman–Crippen LogP) is 3.55. The van der Waals surface area contributed by atoms with Gasteiger partial charge in [0.15, 0.2) is 6.61 Å². The fourth-order valence-electron chi connectivity index (χ4n) is 3.15. The number of benzene rings is 1. The molecule has 0 saturated carbocycles. The summed E-state index contributed by atoms with van der Waals surface area (Å²) in [6.07, 6.45) is -7.99. The van der Waals surface area contributed by atoms with Crippen LogP contribution in [-0.2, 0) is 16.2 Å². The summed E-state index contributed by atoms with van der Waals surface area (Å²) in [6, 6.07) is 0.833. The van der Waals surface area contributed by atoms with E-state index in [1.54, 1.807) is 0 Å². The number of aromatic nitrogens is 3. The molecule has 2 heterocycles. The van der Waals surface area contributed by atoms with Crippen LogP contribution in [0.25, 0.3) is 0 Å². The highest BCUT2D eigenvalue weighted by Crippen LogP contribution is 2.33. The number of halogens is 7. The second-order valence-electron chi connectivity index (χ2n) is 7.57. The molecule has 0 aliphatic carbocycles. The van der Waals surface area contributed by atoms with Crippen LogP contribution < -0.4 is 15.4 Å². The van der Waals surface area contributed by atoms with E-state index in [2.05, 4.69) is 30.3 Å². The number of ether oxygens (including phenoxy) is 1. The number of hydrogen-bond donors (Lipinski definition) is 2. The van der Waals surface area contributed by atoms with Crippen LogP contribution in [0, 0.1) is 5.82 Å². The van der Waals surface area contributed by atoms with Gasteiger partial charge in [-0.25, -0.2) is 17.1 Å². The Morgan fingerprint density at radius 3 is 2.26 bits per heavy atom. The molecule has 1 aromatic heterocycles. The number of nitrogens with zero attached hydrogens (tertiary/aromatic N) is 4. The number of alkyl halides is 6. The van der Waals surface area contributed by atoms with Gasteiger partial charge in [-0.2, -0.15) is 41.3 Å². The number of piperidine rings is 1. The van der Waals surface area contributed by atoms with E-state index in [0.29, 0.717) is 25.0 Å². The zero-order chi connectivity index (χ0) is 26.0. The number of hydrogen-bond acceptors (Lipinski definition) is 8. The van der Waals surface area contributed by atoms with Gasteiger partial charge in [0.25, 0.3) is 0 Å². The molecule has 3 rings (SSSR count). The maximum atomic E-state index is 13.5. The minimum atomic E-state index is -4.99. The van der Waals surface area contributed by atoms with Gasteiger partial charge in [-0.15, -0.1) is 0 Å². The Morgan fingerprint density at radius 1 is 1.06 bits per heavy atom. The minimum absolute atomic E-state index is 0.180. The molecule has 0 unspecified atom stereocenters. The summed E-state index contributed by atoms with van der Waals surface area (Å²) < 4.78 is 119. The molecule has 35 heavy (non-hydrogen) atoms. The Bertz CT molecular complexity index is 1150. The number of anilines is 3. The molecule has 17 heteroatoms. The van der Waals surface area contributed by atoms with E-state index < -0.39 is 52.3 Å². The molecular weight excluding hydrogens is 513 g/mol. The number of sulfonamides is 1. The lowest BCUT2D eigenvalue weighted by molar-refractivity contribution is -0.154. The summed E-state index contributed by atoms with van der Waals surface area (Å²) >= 11 is 0. The van der Waals surface area contributed by atoms with Gasteiger partial charge in [-0.3, -0.25) is 0 Å². The fraction of sp³-hybridized carbons (Fsp3) is 0.500. The maximum Gasteiger partial charge on any atom is 0.422 e. The van der Waals surface area contributed by atoms with Gasteiger partial charge in [0, 0.05) is 24.8 Å². The van der Waals surface area contributed by atoms with Crippen LogP contribution in [0.4, 0.5) is 48.3 Å². The first kappa shape index (κ1) is 26.7. The molecule has 1 aliphatic rings. The van der Waals surface area contributed by atoms with Crippen LogP contribution >= 0.6 is 0 Å². The lowest BCUT2D eigenvalue weighted by Crippen LogP contribution is -2.42. The maximum absolute atomic E-state index is 13.5. The van der Waals surface area contributed by atoms with E-state index in [9.17, 15) is 39.2 Å². The number of nitrogens with one attached hydrogen (secondary N) is 2. The quantitative estimate of drug-likeness (QED) is 0.522. The lowest BCUT2D eigenvalue weighted by atomic mass is 10.1. The van der Waals surface area contributed by atoms with Crippen molar-refractivity contribution in [3.05, 3.63) is 29.6 Å². The van der Waals surface area contributed by atoms with Crippen LogP contribution in [0.15, 0.2) is 18.2 Å². The van der Waals surface area contributed by atoms with Crippen LogP contribution in [0.3, 0.4) is 0 Å². The van der Waals surface area contributed by atoms with Gasteiger partial charge in [0.2, 0.25) is 21.9 Å². The number of rotatable bonds is 7. The summed E-state index contributed by atoms with van der Waals surface area (Å²) in [5, 5.41) is 5.20. The van der Waals surface area contributed by atoms with Crippen molar-refractivity contribution in [2.45, 2.75) is 31.2 Å². The molecule has 2 aromatic rings. The highest BCUT2D eigenvalue weighted by Gasteiger charge is 2.34. The second-order valence-corrected chi connectivity index (χ2v) is 9.55. The summed E-state index contributed by atoms with van der Waals surface area (Å²) in [4.78, 5) is 11.3. The van der Waals surface area contributed by atoms with E-state index in [4.69, 9.17) is 0 Å². The van der Waals surface area contributed by atoms with Crippen LogP contribution in [0.2, 0.25) is 0 Å². The van der Waals surface area contributed by atoms with E-state index in [1.807, 2.05) is 0 Å². The van der Waals surface area contributed by atoms with Gasteiger partial charge in [-0.1, -0.05) is 0 Å². The van der Waals surface area contributed by atoms with Crippen molar-refractivity contribution < 1.29 is 43.9 Å². The van der Waals surface area contributed by atoms with Crippen molar-refractivity contribution in [3.63, 3.8) is 0 Å². The van der Waals surface area contributed by atoms with Gasteiger partial charge < -0.3 is 15.4 Å². The molecule has 1 aromatic carbocycles. The normalized spacial score (nSPS) is 16.2. The zero-order valence-electron chi connectivity index (χ0n) is 17.9. The largest absolute Gasteiger partial charge is 0.454 e. The average molecular weight is 532 g/mol. The summed E-state index contributed by atoms with van der Waals surface area (Å²) in [7, 11) is -3.39. The third-order valence-electron chi connectivity index (χ3n) is 4.76. The smallest absolute Gasteiger partial charge is 0.422 e. The summed E-state index contributed by atoms with van der Waals surface area (Å²) in [5.74, 6) is -2.24. The van der Waals surface area contributed by atoms with Gasteiger partial charge in [0.1, 0.15) is 5.82 Å². The highest BCUT2D eigenvalue weighted by atomic mass is 32.2. The van der Waals surface area contributed by atoms with E-state index >= 15 is 0 Å². The molecule has 0 bridgehead atoms. The molecule has 0 radical (unpaired) electrons. The summed E-state index contributed by atoms with van der Waals surface area (Å²) in [6.45, 7) is -1.38.